The largest absolute Gasteiger partial charge is 0.366 e. The maximum Gasteiger partial charge on any atom is 0.174 e. The molecule has 0 spiro atoms. The van der Waals surface area contributed by atoms with Gasteiger partial charge in [-0.15, -0.1) is 0 Å². The molecule has 0 radical (unpaired) electrons. The minimum atomic E-state index is 0.369. The molecule has 0 bridgehead atoms. The number of piperidine rings is 1. The molecule has 146 valence electrons. The van der Waals surface area contributed by atoms with Crippen molar-refractivity contribution in [2.24, 2.45) is 0 Å². The van der Waals surface area contributed by atoms with Crippen LogP contribution < -0.4 is 10.2 Å². The van der Waals surface area contributed by atoms with Gasteiger partial charge < -0.3 is 10.2 Å². The van der Waals surface area contributed by atoms with E-state index in [0.717, 1.165) is 66.9 Å². The fourth-order valence-corrected chi connectivity index (χ4v) is 3.60. The molecule has 3 aromatic rings. The van der Waals surface area contributed by atoms with Crippen molar-refractivity contribution in [3.63, 3.8) is 0 Å². The Labute approximate surface area is 165 Å². The molecule has 0 unspecified atom stereocenters. The van der Waals surface area contributed by atoms with Gasteiger partial charge >= 0.3 is 0 Å². The number of nitrogens with zero attached hydrogens (tertiary/aromatic N) is 7. The number of aryl methyl sites for hydroxylation is 3. The van der Waals surface area contributed by atoms with E-state index < -0.39 is 0 Å². The van der Waals surface area contributed by atoms with Crippen molar-refractivity contribution in [3.05, 3.63) is 47.9 Å². The molecule has 1 N–H and O–H groups in total. The fraction of sp³-hybridized carbons (Fsp3) is 0.450. The van der Waals surface area contributed by atoms with Crippen molar-refractivity contribution in [2.75, 3.05) is 23.3 Å². The quantitative estimate of drug-likeness (QED) is 0.731. The Bertz CT molecular complexity index is 943. The first kappa shape index (κ1) is 18.3. The Morgan fingerprint density at radius 3 is 2.61 bits per heavy atom. The molecule has 0 atom stereocenters. The Hall–Kier alpha value is -3.03. The van der Waals surface area contributed by atoms with Crippen LogP contribution in [-0.4, -0.2) is 48.8 Å². The van der Waals surface area contributed by atoms with Gasteiger partial charge in [-0.1, -0.05) is 6.92 Å². The molecule has 0 aromatic carbocycles. The molecule has 4 heterocycles. The van der Waals surface area contributed by atoms with E-state index in [1.807, 2.05) is 24.6 Å². The van der Waals surface area contributed by atoms with E-state index >= 15 is 0 Å². The standard InChI is InChI=1S/C20H26N8/c1-4-16-10-19(23-13-22-16)27-7-5-17(6-8-27)24-18-11-21-12-20(25-18)28-15(3)9-14(2)26-28/h9-13,17H,4-8H2,1-3H3,(H,24,25). The third-order valence-corrected chi connectivity index (χ3v) is 5.09. The first-order chi connectivity index (χ1) is 13.6. The molecule has 1 aliphatic heterocycles. The first-order valence-electron chi connectivity index (χ1n) is 9.80. The predicted molar refractivity (Wildman–Crippen MR) is 109 cm³/mol. The van der Waals surface area contributed by atoms with E-state index in [1.54, 1.807) is 18.7 Å². The smallest absolute Gasteiger partial charge is 0.174 e. The van der Waals surface area contributed by atoms with Crippen LogP contribution in [0.25, 0.3) is 5.82 Å². The van der Waals surface area contributed by atoms with Gasteiger partial charge in [0.05, 0.1) is 18.1 Å². The molecule has 0 saturated carbocycles. The number of nitrogens with one attached hydrogen (secondary N) is 1. The number of aromatic nitrogens is 6. The van der Waals surface area contributed by atoms with Crippen LogP contribution in [0.3, 0.4) is 0 Å². The maximum atomic E-state index is 4.70. The molecule has 0 amide bonds. The minimum absolute atomic E-state index is 0.369. The average Bonchev–Trinajstić information content (AvgIpc) is 3.07. The van der Waals surface area contributed by atoms with Gasteiger partial charge in [0.15, 0.2) is 5.82 Å². The molecule has 1 saturated heterocycles. The van der Waals surface area contributed by atoms with Crippen LogP contribution in [-0.2, 0) is 6.42 Å². The Kier molecular flexibility index (Phi) is 5.18. The van der Waals surface area contributed by atoms with Crippen molar-refractivity contribution in [1.82, 2.24) is 29.7 Å². The van der Waals surface area contributed by atoms with Gasteiger partial charge in [-0.05, 0) is 39.2 Å². The zero-order valence-corrected chi connectivity index (χ0v) is 16.6. The number of anilines is 2. The van der Waals surface area contributed by atoms with Gasteiger partial charge in [-0.2, -0.15) is 5.10 Å². The first-order valence-corrected chi connectivity index (χ1v) is 9.80. The zero-order valence-electron chi connectivity index (χ0n) is 16.6. The molecular weight excluding hydrogens is 352 g/mol. The second kappa shape index (κ2) is 7.92. The molecular formula is C20H26N8. The van der Waals surface area contributed by atoms with Gasteiger partial charge in [0.2, 0.25) is 0 Å². The normalized spacial score (nSPS) is 15.0. The van der Waals surface area contributed by atoms with E-state index in [1.165, 1.54) is 0 Å². The molecule has 1 aliphatic rings. The summed E-state index contributed by atoms with van der Waals surface area (Å²) in [4.78, 5) is 20.1. The van der Waals surface area contributed by atoms with E-state index in [-0.39, 0.29) is 0 Å². The summed E-state index contributed by atoms with van der Waals surface area (Å²) in [6.45, 7) is 8.04. The lowest BCUT2D eigenvalue weighted by molar-refractivity contribution is 0.521. The summed E-state index contributed by atoms with van der Waals surface area (Å²) in [7, 11) is 0. The summed E-state index contributed by atoms with van der Waals surface area (Å²) < 4.78 is 1.83. The highest BCUT2D eigenvalue weighted by molar-refractivity contribution is 5.41. The fourth-order valence-electron chi connectivity index (χ4n) is 3.60. The lowest BCUT2D eigenvalue weighted by Crippen LogP contribution is -2.39. The monoisotopic (exact) mass is 378 g/mol. The second-order valence-corrected chi connectivity index (χ2v) is 7.23. The zero-order chi connectivity index (χ0) is 19.5. The van der Waals surface area contributed by atoms with Crippen LogP contribution in [0.4, 0.5) is 11.6 Å². The second-order valence-electron chi connectivity index (χ2n) is 7.23. The highest BCUT2D eigenvalue weighted by Crippen LogP contribution is 2.21. The summed E-state index contributed by atoms with van der Waals surface area (Å²) in [5.74, 6) is 2.55. The van der Waals surface area contributed by atoms with Crippen LogP contribution >= 0.6 is 0 Å². The molecule has 28 heavy (non-hydrogen) atoms. The summed E-state index contributed by atoms with van der Waals surface area (Å²) in [5.41, 5.74) is 3.11. The van der Waals surface area contributed by atoms with E-state index in [0.29, 0.717) is 6.04 Å². The van der Waals surface area contributed by atoms with Crippen molar-refractivity contribution < 1.29 is 0 Å². The Balaban J connectivity index is 1.40. The van der Waals surface area contributed by atoms with Crippen LogP contribution in [0.2, 0.25) is 0 Å². The van der Waals surface area contributed by atoms with Crippen LogP contribution in [0.5, 0.6) is 0 Å². The van der Waals surface area contributed by atoms with Crippen molar-refractivity contribution in [3.8, 4) is 5.82 Å². The molecule has 1 fully saturated rings. The van der Waals surface area contributed by atoms with Gasteiger partial charge in [0.25, 0.3) is 0 Å². The van der Waals surface area contributed by atoms with Crippen LogP contribution in [0.1, 0.15) is 36.8 Å². The summed E-state index contributed by atoms with van der Waals surface area (Å²) in [6.07, 6.45) is 8.16. The molecule has 4 rings (SSSR count). The van der Waals surface area contributed by atoms with Crippen LogP contribution in [0.15, 0.2) is 30.9 Å². The summed E-state index contributed by atoms with van der Waals surface area (Å²) in [5, 5.41) is 8.03. The molecule has 8 nitrogen and oxygen atoms in total. The third kappa shape index (κ3) is 3.95. The molecule has 8 heteroatoms. The van der Waals surface area contributed by atoms with Crippen molar-refractivity contribution in [2.45, 2.75) is 46.1 Å². The van der Waals surface area contributed by atoms with Crippen LogP contribution in [0, 0.1) is 13.8 Å². The molecule has 0 aliphatic carbocycles. The maximum absolute atomic E-state index is 4.70. The highest BCUT2D eigenvalue weighted by Gasteiger charge is 2.21. The highest BCUT2D eigenvalue weighted by atomic mass is 15.3. The van der Waals surface area contributed by atoms with E-state index in [9.17, 15) is 0 Å². The number of rotatable bonds is 5. The summed E-state index contributed by atoms with van der Waals surface area (Å²) >= 11 is 0. The Morgan fingerprint density at radius 1 is 1.07 bits per heavy atom. The van der Waals surface area contributed by atoms with Gasteiger partial charge in [0, 0.05) is 36.6 Å². The van der Waals surface area contributed by atoms with Gasteiger partial charge in [-0.25, -0.2) is 19.6 Å². The topological polar surface area (TPSA) is 84.7 Å². The lowest BCUT2D eigenvalue weighted by atomic mass is 10.1. The Morgan fingerprint density at radius 2 is 1.89 bits per heavy atom. The number of hydrogen-bond donors (Lipinski definition) is 1. The van der Waals surface area contributed by atoms with E-state index in [2.05, 4.69) is 43.3 Å². The molecule has 3 aromatic heterocycles. The van der Waals surface area contributed by atoms with E-state index in [4.69, 9.17) is 4.98 Å². The van der Waals surface area contributed by atoms with Gasteiger partial charge in [0.1, 0.15) is 18.0 Å². The SMILES string of the molecule is CCc1cc(N2CCC(Nc3cncc(-n4nc(C)cc4C)n3)CC2)ncn1. The lowest BCUT2D eigenvalue weighted by Gasteiger charge is -2.33. The average molecular weight is 378 g/mol. The minimum Gasteiger partial charge on any atom is -0.366 e. The predicted octanol–water partition coefficient (Wildman–Crippen LogP) is 2.71. The van der Waals surface area contributed by atoms with Crippen molar-refractivity contribution >= 4 is 11.6 Å². The number of hydrogen-bond acceptors (Lipinski definition) is 7. The van der Waals surface area contributed by atoms with Gasteiger partial charge in [-0.3, -0.25) is 4.98 Å². The third-order valence-electron chi connectivity index (χ3n) is 5.09. The van der Waals surface area contributed by atoms with Crippen molar-refractivity contribution in [1.29, 1.82) is 0 Å². The summed E-state index contributed by atoms with van der Waals surface area (Å²) in [6, 6.07) is 4.50.